The van der Waals surface area contributed by atoms with Crippen LogP contribution < -0.4 is 10.1 Å². The van der Waals surface area contributed by atoms with Crippen molar-refractivity contribution in [1.82, 2.24) is 20.5 Å². The summed E-state index contributed by atoms with van der Waals surface area (Å²) >= 11 is 5.85. The van der Waals surface area contributed by atoms with Crippen molar-refractivity contribution in [2.24, 2.45) is 0 Å². The number of nitrogens with one attached hydrogen (secondary N) is 2. The zero-order chi connectivity index (χ0) is 14.4. The molecule has 106 valence electrons. The van der Waals surface area contributed by atoms with Crippen molar-refractivity contribution in [2.75, 3.05) is 13.2 Å². The Labute approximate surface area is 121 Å². The molecule has 1 heterocycles. The second-order valence-electron chi connectivity index (χ2n) is 4.23. The lowest BCUT2D eigenvalue weighted by Gasteiger charge is -2.09. The molecule has 20 heavy (non-hydrogen) atoms. The molecule has 0 aliphatic rings. The maximum atomic E-state index is 11.6. The number of aryl methyl sites for hydroxylation is 1. The minimum atomic E-state index is -0.182. The molecule has 0 saturated heterocycles. The largest absolute Gasteiger partial charge is 0.484 e. The van der Waals surface area contributed by atoms with Crippen LogP contribution >= 0.6 is 11.6 Å². The molecule has 0 saturated carbocycles. The minimum absolute atomic E-state index is 0.0289. The number of hydrogen-bond acceptors (Lipinski definition) is 4. The zero-order valence-electron chi connectivity index (χ0n) is 11.0. The minimum Gasteiger partial charge on any atom is -0.484 e. The van der Waals surface area contributed by atoms with Gasteiger partial charge in [0.15, 0.2) is 6.61 Å². The molecule has 0 fully saturated rings. The second kappa shape index (κ2) is 6.91. The Kier molecular flexibility index (Phi) is 4.95. The van der Waals surface area contributed by atoms with Crippen LogP contribution in [-0.4, -0.2) is 34.2 Å². The molecule has 0 atom stereocenters. The fourth-order valence-corrected chi connectivity index (χ4v) is 1.87. The number of ether oxygens (including phenoxy) is 1. The highest BCUT2D eigenvalue weighted by molar-refractivity contribution is 6.30. The predicted octanol–water partition coefficient (Wildman–Crippen LogP) is 1.50. The van der Waals surface area contributed by atoms with Crippen LogP contribution in [0, 0.1) is 6.92 Å². The van der Waals surface area contributed by atoms with E-state index in [0.717, 1.165) is 11.4 Å². The molecule has 0 aliphatic heterocycles. The Morgan fingerprint density at radius 1 is 1.50 bits per heavy atom. The summed E-state index contributed by atoms with van der Waals surface area (Å²) in [4.78, 5) is 15.6. The lowest BCUT2D eigenvalue weighted by Crippen LogP contribution is -2.30. The van der Waals surface area contributed by atoms with Gasteiger partial charge >= 0.3 is 0 Å². The van der Waals surface area contributed by atoms with Crippen LogP contribution in [0.5, 0.6) is 5.75 Å². The van der Waals surface area contributed by atoms with Gasteiger partial charge in [-0.15, -0.1) is 0 Å². The first-order chi connectivity index (χ1) is 9.65. The van der Waals surface area contributed by atoms with E-state index in [1.807, 2.05) is 6.92 Å². The van der Waals surface area contributed by atoms with Gasteiger partial charge in [0.25, 0.3) is 5.91 Å². The van der Waals surface area contributed by atoms with Crippen LogP contribution in [0.2, 0.25) is 5.02 Å². The highest BCUT2D eigenvalue weighted by Crippen LogP contribution is 2.21. The summed E-state index contributed by atoms with van der Waals surface area (Å²) in [5.41, 5.74) is 0.895. The third-order valence-corrected chi connectivity index (χ3v) is 2.88. The van der Waals surface area contributed by atoms with Gasteiger partial charge in [0.2, 0.25) is 0 Å². The van der Waals surface area contributed by atoms with E-state index in [0.29, 0.717) is 23.7 Å². The first-order valence-corrected chi connectivity index (χ1v) is 6.53. The maximum absolute atomic E-state index is 11.6. The van der Waals surface area contributed by atoms with Crippen molar-refractivity contribution >= 4 is 17.5 Å². The smallest absolute Gasteiger partial charge is 0.257 e. The topological polar surface area (TPSA) is 79.9 Å². The molecule has 0 bridgehead atoms. The summed E-state index contributed by atoms with van der Waals surface area (Å²) in [6, 6.07) is 5.27. The number of aromatic amines is 1. The van der Waals surface area contributed by atoms with E-state index < -0.39 is 0 Å². The van der Waals surface area contributed by atoms with Crippen molar-refractivity contribution in [3.8, 4) is 5.75 Å². The van der Waals surface area contributed by atoms with Gasteiger partial charge in [0.05, 0.1) is 0 Å². The molecule has 2 aromatic rings. The van der Waals surface area contributed by atoms with Crippen LogP contribution in [0.4, 0.5) is 0 Å². The molecule has 1 aromatic carbocycles. The number of benzene rings is 1. The Morgan fingerprint density at radius 3 is 3.05 bits per heavy atom. The first kappa shape index (κ1) is 14.3. The monoisotopic (exact) mass is 294 g/mol. The normalized spacial score (nSPS) is 10.3. The van der Waals surface area contributed by atoms with Crippen molar-refractivity contribution in [3.05, 3.63) is 40.9 Å². The van der Waals surface area contributed by atoms with E-state index in [4.69, 9.17) is 16.3 Å². The number of H-pyrrole nitrogens is 1. The van der Waals surface area contributed by atoms with Crippen LogP contribution in [0.1, 0.15) is 11.4 Å². The summed E-state index contributed by atoms with van der Waals surface area (Å²) in [5.74, 6) is 1.21. The van der Waals surface area contributed by atoms with Crippen LogP contribution in [0.25, 0.3) is 0 Å². The first-order valence-electron chi connectivity index (χ1n) is 6.15. The highest BCUT2D eigenvalue weighted by Gasteiger charge is 2.05. The summed E-state index contributed by atoms with van der Waals surface area (Å²) in [6.07, 6.45) is 2.04. The molecule has 0 radical (unpaired) electrons. The van der Waals surface area contributed by atoms with Gasteiger partial charge in [-0.2, -0.15) is 5.10 Å². The van der Waals surface area contributed by atoms with Crippen molar-refractivity contribution < 1.29 is 9.53 Å². The SMILES string of the molecule is Cc1cc(Cl)ccc1OCC(=O)NCCc1ncn[nH]1. The lowest BCUT2D eigenvalue weighted by molar-refractivity contribution is -0.123. The average Bonchev–Trinajstić information content (AvgIpc) is 2.91. The molecule has 2 N–H and O–H groups in total. The number of carbonyl (C=O) groups excluding carboxylic acids is 1. The molecular weight excluding hydrogens is 280 g/mol. The third-order valence-electron chi connectivity index (χ3n) is 2.64. The average molecular weight is 295 g/mol. The van der Waals surface area contributed by atoms with Crippen molar-refractivity contribution in [3.63, 3.8) is 0 Å². The van der Waals surface area contributed by atoms with Gasteiger partial charge in [-0.1, -0.05) is 11.6 Å². The molecule has 0 aliphatic carbocycles. The summed E-state index contributed by atoms with van der Waals surface area (Å²) in [6.45, 7) is 2.33. The van der Waals surface area contributed by atoms with Gasteiger partial charge in [-0.25, -0.2) is 4.98 Å². The fraction of sp³-hybridized carbons (Fsp3) is 0.308. The van der Waals surface area contributed by atoms with Crippen LogP contribution in [0.15, 0.2) is 24.5 Å². The molecule has 2 rings (SSSR count). The van der Waals surface area contributed by atoms with E-state index in [9.17, 15) is 4.79 Å². The van der Waals surface area contributed by atoms with Gasteiger partial charge in [0, 0.05) is 18.0 Å². The molecule has 6 nitrogen and oxygen atoms in total. The Hall–Kier alpha value is -2.08. The van der Waals surface area contributed by atoms with E-state index >= 15 is 0 Å². The number of hydrogen-bond donors (Lipinski definition) is 2. The summed E-state index contributed by atoms with van der Waals surface area (Å²) in [5, 5.41) is 9.84. The number of aromatic nitrogens is 3. The number of halogens is 1. The van der Waals surface area contributed by atoms with Gasteiger partial charge in [-0.3, -0.25) is 9.89 Å². The second-order valence-corrected chi connectivity index (χ2v) is 4.67. The molecular formula is C13H15ClN4O2. The Balaban J connectivity index is 1.72. The highest BCUT2D eigenvalue weighted by atomic mass is 35.5. The molecule has 0 unspecified atom stereocenters. The Bertz CT molecular complexity index is 572. The van der Waals surface area contributed by atoms with Crippen LogP contribution in [0.3, 0.4) is 0 Å². The quantitative estimate of drug-likeness (QED) is 0.846. The lowest BCUT2D eigenvalue weighted by atomic mass is 10.2. The van der Waals surface area contributed by atoms with Crippen molar-refractivity contribution in [2.45, 2.75) is 13.3 Å². The molecule has 1 amide bonds. The predicted molar refractivity (Wildman–Crippen MR) is 74.8 cm³/mol. The number of carbonyl (C=O) groups is 1. The molecule has 7 heteroatoms. The number of rotatable bonds is 6. The van der Waals surface area contributed by atoms with E-state index in [-0.39, 0.29) is 12.5 Å². The van der Waals surface area contributed by atoms with Gasteiger partial charge in [-0.05, 0) is 30.7 Å². The zero-order valence-corrected chi connectivity index (χ0v) is 11.8. The third kappa shape index (κ3) is 4.24. The van der Waals surface area contributed by atoms with Gasteiger partial charge < -0.3 is 10.1 Å². The maximum Gasteiger partial charge on any atom is 0.257 e. The van der Waals surface area contributed by atoms with E-state index in [2.05, 4.69) is 20.5 Å². The van der Waals surface area contributed by atoms with E-state index in [1.165, 1.54) is 6.33 Å². The summed E-state index contributed by atoms with van der Waals surface area (Å²) in [7, 11) is 0. The van der Waals surface area contributed by atoms with Crippen LogP contribution in [-0.2, 0) is 11.2 Å². The van der Waals surface area contributed by atoms with E-state index in [1.54, 1.807) is 18.2 Å². The fourth-order valence-electron chi connectivity index (χ4n) is 1.64. The number of nitrogens with zero attached hydrogens (tertiary/aromatic N) is 2. The summed E-state index contributed by atoms with van der Waals surface area (Å²) < 4.78 is 5.43. The van der Waals surface area contributed by atoms with Gasteiger partial charge in [0.1, 0.15) is 17.9 Å². The molecule has 0 spiro atoms. The standard InChI is InChI=1S/C13H15ClN4O2/c1-9-6-10(14)2-3-11(9)20-7-13(19)15-5-4-12-16-8-17-18-12/h2-3,6,8H,4-5,7H2,1H3,(H,15,19)(H,16,17,18). The molecule has 1 aromatic heterocycles. The Morgan fingerprint density at radius 2 is 2.35 bits per heavy atom. The van der Waals surface area contributed by atoms with Crippen molar-refractivity contribution in [1.29, 1.82) is 0 Å². The number of amides is 1.